The molecule has 0 bridgehead atoms. The number of hydrogen-bond acceptors (Lipinski definition) is 4. The second kappa shape index (κ2) is 9.13. The largest absolute Gasteiger partial charge is 0.423 e. The molecule has 10 heteroatoms. The van der Waals surface area contributed by atoms with Gasteiger partial charge < -0.3 is 9.47 Å². The van der Waals surface area contributed by atoms with Gasteiger partial charge >= 0.3 is 24.3 Å². The summed E-state index contributed by atoms with van der Waals surface area (Å²) in [5.41, 5.74) is -7.10. The molecule has 0 radical (unpaired) electrons. The molecule has 0 saturated carbocycles. The van der Waals surface area contributed by atoms with Crippen LogP contribution in [0.4, 0.5) is 26.3 Å². The summed E-state index contributed by atoms with van der Waals surface area (Å²) in [4.78, 5) is 23.4. The molecule has 0 spiro atoms. The van der Waals surface area contributed by atoms with Gasteiger partial charge in [0.05, 0.1) is 0 Å². The SMILES string of the molecule is C=CC(=O)Oc1cc(C)ccc1C(c1ccc(C)cc1OC(=O)C=C)(C(F)(F)F)C(F)(F)F. The molecule has 2 aromatic carbocycles. The average molecular weight is 472 g/mol. The molecule has 33 heavy (non-hydrogen) atoms. The van der Waals surface area contributed by atoms with E-state index in [1.807, 2.05) is 0 Å². The van der Waals surface area contributed by atoms with Gasteiger partial charge in [0.1, 0.15) is 11.5 Å². The Kier molecular flexibility index (Phi) is 7.11. The van der Waals surface area contributed by atoms with E-state index < -0.39 is 52.3 Å². The van der Waals surface area contributed by atoms with E-state index in [2.05, 4.69) is 13.2 Å². The fourth-order valence-electron chi connectivity index (χ4n) is 3.26. The van der Waals surface area contributed by atoms with Gasteiger partial charge in [-0.1, -0.05) is 37.4 Å². The van der Waals surface area contributed by atoms with E-state index in [9.17, 15) is 35.9 Å². The molecule has 0 heterocycles. The van der Waals surface area contributed by atoms with Crippen molar-refractivity contribution in [2.75, 3.05) is 0 Å². The number of esters is 2. The molecule has 0 atom stereocenters. The van der Waals surface area contributed by atoms with E-state index in [1.165, 1.54) is 13.8 Å². The van der Waals surface area contributed by atoms with E-state index in [4.69, 9.17) is 9.47 Å². The highest BCUT2D eigenvalue weighted by atomic mass is 19.4. The molecule has 0 amide bonds. The third-order valence-corrected chi connectivity index (χ3v) is 4.69. The van der Waals surface area contributed by atoms with Crippen molar-refractivity contribution in [2.45, 2.75) is 31.6 Å². The summed E-state index contributed by atoms with van der Waals surface area (Å²) in [6.07, 6.45) is -10.8. The lowest BCUT2D eigenvalue weighted by molar-refractivity contribution is -0.289. The zero-order valence-electron chi connectivity index (χ0n) is 17.4. The molecule has 0 aliphatic rings. The van der Waals surface area contributed by atoms with Crippen molar-refractivity contribution in [3.8, 4) is 11.5 Å². The van der Waals surface area contributed by atoms with Crippen molar-refractivity contribution < 1.29 is 45.4 Å². The number of aryl methyl sites for hydroxylation is 2. The summed E-state index contributed by atoms with van der Waals surface area (Å²) in [6.45, 7) is 8.99. The minimum absolute atomic E-state index is 0.228. The van der Waals surface area contributed by atoms with Crippen LogP contribution >= 0.6 is 0 Å². The van der Waals surface area contributed by atoms with Gasteiger partial charge in [-0.2, -0.15) is 26.3 Å². The molecule has 0 aliphatic carbocycles. The maximum Gasteiger partial charge on any atom is 0.411 e. The summed E-state index contributed by atoms with van der Waals surface area (Å²) in [5, 5.41) is 0. The Labute approximate surface area is 185 Å². The molecule has 0 saturated heterocycles. The summed E-state index contributed by atoms with van der Waals surface area (Å²) in [5.74, 6) is -4.48. The molecule has 0 aliphatic heterocycles. The lowest BCUT2D eigenvalue weighted by atomic mass is 9.71. The van der Waals surface area contributed by atoms with E-state index in [0.29, 0.717) is 24.3 Å². The highest BCUT2D eigenvalue weighted by molar-refractivity contribution is 5.84. The molecule has 0 fully saturated rings. The molecule has 0 N–H and O–H groups in total. The second-order valence-electron chi connectivity index (χ2n) is 7.00. The van der Waals surface area contributed by atoms with Gasteiger partial charge in [0, 0.05) is 23.3 Å². The van der Waals surface area contributed by atoms with Crippen molar-refractivity contribution in [1.82, 2.24) is 0 Å². The van der Waals surface area contributed by atoms with E-state index in [1.54, 1.807) is 0 Å². The zero-order chi connectivity index (χ0) is 25.2. The predicted molar refractivity (Wildman–Crippen MR) is 107 cm³/mol. The monoisotopic (exact) mass is 472 g/mol. The molecule has 4 nitrogen and oxygen atoms in total. The highest BCUT2D eigenvalue weighted by Crippen LogP contribution is 2.60. The number of benzene rings is 2. The van der Waals surface area contributed by atoms with Crippen LogP contribution in [0.25, 0.3) is 0 Å². The Bertz CT molecular complexity index is 1010. The van der Waals surface area contributed by atoms with Crippen LogP contribution < -0.4 is 9.47 Å². The average Bonchev–Trinajstić information content (AvgIpc) is 2.69. The van der Waals surface area contributed by atoms with Crippen molar-refractivity contribution in [3.05, 3.63) is 84.0 Å². The molecule has 0 unspecified atom stereocenters. The number of halogens is 6. The predicted octanol–water partition coefficient (Wildman–Crippen LogP) is 5.90. The number of rotatable bonds is 6. The van der Waals surface area contributed by atoms with Crippen LogP contribution in [0.3, 0.4) is 0 Å². The first kappa shape index (κ1) is 25.7. The number of carbonyl (C=O) groups excluding carboxylic acids is 2. The lowest BCUT2D eigenvalue weighted by Crippen LogP contribution is -2.55. The Morgan fingerprint density at radius 1 is 0.727 bits per heavy atom. The highest BCUT2D eigenvalue weighted by Gasteiger charge is 2.74. The molecule has 0 aromatic heterocycles. The first-order valence-electron chi connectivity index (χ1n) is 9.23. The topological polar surface area (TPSA) is 52.6 Å². The van der Waals surface area contributed by atoms with Crippen LogP contribution in [-0.2, 0) is 15.0 Å². The Morgan fingerprint density at radius 2 is 1.06 bits per heavy atom. The third kappa shape index (κ3) is 4.79. The fraction of sp³-hybridized carbons (Fsp3) is 0.217. The van der Waals surface area contributed by atoms with Gasteiger partial charge in [-0.15, -0.1) is 0 Å². The smallest absolute Gasteiger partial charge is 0.411 e. The van der Waals surface area contributed by atoms with Crippen LogP contribution in [-0.4, -0.2) is 24.3 Å². The van der Waals surface area contributed by atoms with Gasteiger partial charge in [0.25, 0.3) is 0 Å². The van der Waals surface area contributed by atoms with Crippen LogP contribution in [0.5, 0.6) is 11.5 Å². The van der Waals surface area contributed by atoms with E-state index in [0.717, 1.165) is 24.3 Å². The molecule has 176 valence electrons. The van der Waals surface area contributed by atoms with Crippen molar-refractivity contribution in [1.29, 1.82) is 0 Å². The van der Waals surface area contributed by atoms with Crippen LogP contribution in [0, 0.1) is 13.8 Å². The standard InChI is InChI=1S/C23H18F6O4/c1-5-19(30)32-17-11-13(3)7-9-15(17)21(22(24,25)26,23(27,28)29)16-10-8-14(4)12-18(16)33-20(31)6-2/h5-12H,1-2H2,3-4H3. The Balaban J connectivity index is 3.09. The summed E-state index contributed by atoms with van der Waals surface area (Å²) < 4.78 is 97.2. The normalized spacial score (nSPS) is 12.1. The minimum atomic E-state index is -6.01. The van der Waals surface area contributed by atoms with Crippen molar-refractivity contribution in [2.24, 2.45) is 0 Å². The number of ether oxygens (including phenoxy) is 2. The zero-order valence-corrected chi connectivity index (χ0v) is 17.4. The van der Waals surface area contributed by atoms with Crippen molar-refractivity contribution in [3.63, 3.8) is 0 Å². The van der Waals surface area contributed by atoms with Gasteiger partial charge in [-0.05, 0) is 37.1 Å². The lowest BCUT2D eigenvalue weighted by Gasteiger charge is -2.39. The Morgan fingerprint density at radius 3 is 1.33 bits per heavy atom. The van der Waals surface area contributed by atoms with Gasteiger partial charge in [-0.25, -0.2) is 9.59 Å². The van der Waals surface area contributed by atoms with Crippen molar-refractivity contribution >= 4 is 11.9 Å². The summed E-state index contributed by atoms with van der Waals surface area (Å²) in [7, 11) is 0. The van der Waals surface area contributed by atoms with Crippen LogP contribution in [0.15, 0.2) is 61.7 Å². The molecular formula is C23H18F6O4. The molecule has 2 aromatic rings. The van der Waals surface area contributed by atoms with Gasteiger partial charge in [0.15, 0.2) is 0 Å². The quantitative estimate of drug-likeness (QED) is 0.228. The van der Waals surface area contributed by atoms with E-state index >= 15 is 0 Å². The maximum atomic E-state index is 14.6. The first-order valence-corrected chi connectivity index (χ1v) is 9.23. The number of carbonyl (C=O) groups is 2. The van der Waals surface area contributed by atoms with Crippen LogP contribution in [0.2, 0.25) is 0 Å². The second-order valence-corrected chi connectivity index (χ2v) is 7.00. The molecular weight excluding hydrogens is 454 g/mol. The summed E-state index contributed by atoms with van der Waals surface area (Å²) >= 11 is 0. The Hall–Kier alpha value is -3.56. The number of hydrogen-bond donors (Lipinski definition) is 0. The summed E-state index contributed by atoms with van der Waals surface area (Å²) in [6, 6.07) is 4.90. The molecule has 2 rings (SSSR count). The first-order chi connectivity index (χ1) is 15.2. The van der Waals surface area contributed by atoms with Gasteiger partial charge in [0.2, 0.25) is 5.41 Å². The van der Waals surface area contributed by atoms with Crippen LogP contribution in [0.1, 0.15) is 22.3 Å². The number of alkyl halides is 6. The third-order valence-electron chi connectivity index (χ3n) is 4.69. The fourth-order valence-corrected chi connectivity index (χ4v) is 3.26. The van der Waals surface area contributed by atoms with Gasteiger partial charge in [-0.3, -0.25) is 0 Å². The van der Waals surface area contributed by atoms with E-state index in [-0.39, 0.29) is 11.1 Å². The minimum Gasteiger partial charge on any atom is -0.423 e. The maximum absolute atomic E-state index is 14.6.